The van der Waals surface area contributed by atoms with Gasteiger partial charge in [-0.2, -0.15) is 0 Å². The minimum Gasteiger partial charge on any atom is -0.455 e. The Morgan fingerprint density at radius 3 is 1.75 bits per heavy atom. The molecule has 0 saturated carbocycles. The summed E-state index contributed by atoms with van der Waals surface area (Å²) in [7, 11) is 0. The predicted molar refractivity (Wildman–Crippen MR) is 273 cm³/mol. The van der Waals surface area contributed by atoms with Crippen LogP contribution in [0.1, 0.15) is 0 Å². The van der Waals surface area contributed by atoms with Gasteiger partial charge in [0.25, 0.3) is 0 Å². The van der Waals surface area contributed by atoms with Gasteiger partial charge in [0.15, 0.2) is 11.6 Å². The van der Waals surface area contributed by atoms with Crippen molar-refractivity contribution in [1.82, 2.24) is 29.1 Å². The molecule has 0 amide bonds. The number of hydrogen-bond acceptors (Lipinski definition) is 5. The summed E-state index contributed by atoms with van der Waals surface area (Å²) in [6.45, 7) is 0. The largest absolute Gasteiger partial charge is 0.455 e. The van der Waals surface area contributed by atoms with Crippen molar-refractivity contribution >= 4 is 76.6 Å². The molecule has 5 heterocycles. The van der Waals surface area contributed by atoms with Gasteiger partial charge in [0.1, 0.15) is 22.6 Å². The maximum Gasteiger partial charge on any atom is 0.162 e. The van der Waals surface area contributed by atoms with Crippen LogP contribution in [0.5, 0.6) is 0 Å². The standard InChI is InChI=1S/C60H36N6O/c1-4-17-37(18-5-1)55-54-46-25-11-14-29-50(46)65(41-21-8-3-9-22-41)60(54)64-58(62-55)40-32-34-52-48(36-40)47-35-39(42-26-16-27-44-43-23-12-15-30-53(43)67-56(42)44)31-33-51(47)66(52)59-45-24-10-13-28-49(45)61-57(63-59)38-19-6-2-7-20-38/h1-36H. The summed E-state index contributed by atoms with van der Waals surface area (Å²) >= 11 is 0. The highest BCUT2D eigenvalue weighted by Crippen LogP contribution is 2.43. The zero-order valence-electron chi connectivity index (χ0n) is 35.9. The van der Waals surface area contributed by atoms with E-state index < -0.39 is 0 Å². The Kier molecular flexibility index (Phi) is 8.15. The smallest absolute Gasteiger partial charge is 0.162 e. The monoisotopic (exact) mass is 856 g/mol. The van der Waals surface area contributed by atoms with Crippen molar-refractivity contribution in [2.45, 2.75) is 0 Å². The first-order valence-corrected chi connectivity index (χ1v) is 22.5. The van der Waals surface area contributed by atoms with E-state index in [9.17, 15) is 0 Å². The summed E-state index contributed by atoms with van der Waals surface area (Å²) in [4.78, 5) is 21.5. The lowest BCUT2D eigenvalue weighted by atomic mass is 10.00. The summed E-state index contributed by atoms with van der Waals surface area (Å²) in [6, 6.07) is 76.0. The average Bonchev–Trinajstić information content (AvgIpc) is 4.06. The minimum atomic E-state index is 0.635. The van der Waals surface area contributed by atoms with Crippen LogP contribution in [-0.2, 0) is 0 Å². The van der Waals surface area contributed by atoms with E-state index in [0.717, 1.165) is 122 Å². The summed E-state index contributed by atoms with van der Waals surface area (Å²) in [5.74, 6) is 2.11. The molecule has 7 nitrogen and oxygen atoms in total. The molecule has 0 atom stereocenters. The highest BCUT2D eigenvalue weighted by molar-refractivity contribution is 6.16. The fourth-order valence-electron chi connectivity index (χ4n) is 10.1. The molecule has 14 aromatic rings. The van der Waals surface area contributed by atoms with Gasteiger partial charge in [-0.1, -0.05) is 152 Å². The van der Waals surface area contributed by atoms with E-state index in [4.69, 9.17) is 24.4 Å². The molecule has 9 aromatic carbocycles. The zero-order chi connectivity index (χ0) is 44.0. The molecule has 0 fully saturated rings. The van der Waals surface area contributed by atoms with Crippen LogP contribution in [0.3, 0.4) is 0 Å². The third kappa shape index (κ3) is 5.78. The maximum absolute atomic E-state index is 6.60. The van der Waals surface area contributed by atoms with Crippen LogP contribution < -0.4 is 0 Å². The molecular weight excluding hydrogens is 821 g/mol. The number of para-hydroxylation sites is 5. The second-order valence-corrected chi connectivity index (χ2v) is 17.0. The van der Waals surface area contributed by atoms with Crippen molar-refractivity contribution in [3.05, 3.63) is 218 Å². The highest BCUT2D eigenvalue weighted by atomic mass is 16.3. The van der Waals surface area contributed by atoms with Gasteiger partial charge in [0, 0.05) is 60.3 Å². The van der Waals surface area contributed by atoms with Crippen LogP contribution in [0, 0.1) is 0 Å². The SMILES string of the molecule is c1ccc(-c2nc(-n3c4ccc(-c5nc(-c6ccccc6)c6c7ccccc7n(-c7ccccc7)c6n5)cc4c4cc(-c5cccc6c5oc5ccccc56)ccc43)c3ccccc3n2)cc1. The Hall–Kier alpha value is -9.20. The molecule has 0 aliphatic rings. The van der Waals surface area contributed by atoms with E-state index in [1.54, 1.807) is 0 Å². The van der Waals surface area contributed by atoms with Gasteiger partial charge in [0.2, 0.25) is 0 Å². The van der Waals surface area contributed by atoms with Crippen LogP contribution in [-0.4, -0.2) is 29.1 Å². The normalized spacial score (nSPS) is 11.9. The second kappa shape index (κ2) is 14.7. The molecule has 0 saturated heterocycles. The lowest BCUT2D eigenvalue weighted by molar-refractivity contribution is 0.670. The van der Waals surface area contributed by atoms with Gasteiger partial charge >= 0.3 is 0 Å². The average molecular weight is 857 g/mol. The van der Waals surface area contributed by atoms with E-state index in [2.05, 4.69) is 179 Å². The van der Waals surface area contributed by atoms with Gasteiger partial charge in [0.05, 0.1) is 33.1 Å². The molecule has 312 valence electrons. The van der Waals surface area contributed by atoms with Crippen molar-refractivity contribution in [1.29, 1.82) is 0 Å². The number of benzene rings is 9. The van der Waals surface area contributed by atoms with Crippen LogP contribution in [0.2, 0.25) is 0 Å². The van der Waals surface area contributed by atoms with Crippen LogP contribution in [0.4, 0.5) is 0 Å². The molecule has 5 aromatic heterocycles. The fourth-order valence-corrected chi connectivity index (χ4v) is 10.1. The van der Waals surface area contributed by atoms with E-state index in [1.807, 2.05) is 48.5 Å². The number of rotatable bonds is 6. The lowest BCUT2D eigenvalue weighted by Crippen LogP contribution is -2.02. The third-order valence-electron chi connectivity index (χ3n) is 13.1. The Balaban J connectivity index is 1.07. The molecule has 0 bridgehead atoms. The van der Waals surface area contributed by atoms with Gasteiger partial charge < -0.3 is 4.42 Å². The topological polar surface area (TPSA) is 74.6 Å². The number of hydrogen-bond donors (Lipinski definition) is 0. The van der Waals surface area contributed by atoms with Crippen molar-refractivity contribution in [2.75, 3.05) is 0 Å². The van der Waals surface area contributed by atoms with Gasteiger partial charge in [-0.15, -0.1) is 0 Å². The summed E-state index contributed by atoms with van der Waals surface area (Å²) in [6.07, 6.45) is 0. The molecule has 0 unspecified atom stereocenters. The molecule has 67 heavy (non-hydrogen) atoms. The first kappa shape index (κ1) is 37.2. The molecular formula is C60H36N6O. The molecule has 0 N–H and O–H groups in total. The van der Waals surface area contributed by atoms with Gasteiger partial charge in [-0.3, -0.25) is 9.13 Å². The molecule has 0 radical (unpaired) electrons. The number of nitrogens with zero attached hydrogens (tertiary/aromatic N) is 6. The first-order valence-electron chi connectivity index (χ1n) is 22.5. The second-order valence-electron chi connectivity index (χ2n) is 17.0. The molecule has 0 aliphatic heterocycles. The summed E-state index contributed by atoms with van der Waals surface area (Å²) in [5.41, 5.74) is 13.4. The molecule has 7 heteroatoms. The van der Waals surface area contributed by atoms with E-state index >= 15 is 0 Å². The van der Waals surface area contributed by atoms with E-state index in [-0.39, 0.29) is 0 Å². The fraction of sp³-hybridized carbons (Fsp3) is 0. The lowest BCUT2D eigenvalue weighted by Gasteiger charge is -2.13. The van der Waals surface area contributed by atoms with Crippen LogP contribution in [0.15, 0.2) is 223 Å². The van der Waals surface area contributed by atoms with Gasteiger partial charge in [-0.05, 0) is 72.3 Å². The number of aromatic nitrogens is 6. The quantitative estimate of drug-likeness (QED) is 0.167. The first-order chi connectivity index (χ1) is 33.2. The zero-order valence-corrected chi connectivity index (χ0v) is 35.9. The van der Waals surface area contributed by atoms with E-state index in [1.165, 1.54) is 0 Å². The minimum absolute atomic E-state index is 0.635. The summed E-state index contributed by atoms with van der Waals surface area (Å²) in [5, 5.41) is 7.37. The summed E-state index contributed by atoms with van der Waals surface area (Å²) < 4.78 is 11.2. The van der Waals surface area contributed by atoms with Crippen LogP contribution in [0.25, 0.3) is 133 Å². The van der Waals surface area contributed by atoms with E-state index in [0.29, 0.717) is 11.6 Å². The third-order valence-corrected chi connectivity index (χ3v) is 13.1. The Morgan fingerprint density at radius 2 is 0.955 bits per heavy atom. The predicted octanol–water partition coefficient (Wildman–Crippen LogP) is 15.2. The van der Waals surface area contributed by atoms with Crippen molar-refractivity contribution < 1.29 is 4.42 Å². The van der Waals surface area contributed by atoms with Crippen molar-refractivity contribution in [3.63, 3.8) is 0 Å². The van der Waals surface area contributed by atoms with Gasteiger partial charge in [-0.25, -0.2) is 19.9 Å². The number of fused-ring (bicyclic) bond motifs is 10. The maximum atomic E-state index is 6.60. The van der Waals surface area contributed by atoms with Crippen molar-refractivity contribution in [3.8, 4) is 56.7 Å². The molecule has 0 spiro atoms. The van der Waals surface area contributed by atoms with Crippen molar-refractivity contribution in [2.24, 2.45) is 0 Å². The molecule has 14 rings (SSSR count). The van der Waals surface area contributed by atoms with Crippen LogP contribution >= 0.6 is 0 Å². The Labute approximate surface area is 383 Å². The highest BCUT2D eigenvalue weighted by Gasteiger charge is 2.24. The Morgan fingerprint density at radius 1 is 0.358 bits per heavy atom. The Bertz CT molecular complexity index is 4270. The molecule has 0 aliphatic carbocycles. The number of furan rings is 1.